The minimum absolute atomic E-state index is 0.145. The second-order valence-electron chi connectivity index (χ2n) is 6.23. The minimum atomic E-state index is 0.145. The lowest BCUT2D eigenvalue weighted by atomic mass is 9.72. The lowest BCUT2D eigenvalue weighted by molar-refractivity contribution is 0.137. The van der Waals surface area contributed by atoms with E-state index in [9.17, 15) is 5.11 Å². The van der Waals surface area contributed by atoms with Crippen molar-refractivity contribution in [1.29, 1.82) is 0 Å². The van der Waals surface area contributed by atoms with Crippen molar-refractivity contribution in [3.8, 4) is 0 Å². The molecule has 116 valence electrons. The summed E-state index contributed by atoms with van der Waals surface area (Å²) in [5, 5.41) is 12.4. The molecule has 0 bridgehead atoms. The fourth-order valence-corrected chi connectivity index (χ4v) is 3.10. The molecule has 0 spiro atoms. The lowest BCUT2D eigenvalue weighted by Gasteiger charge is -2.35. The Balaban J connectivity index is 1.95. The summed E-state index contributed by atoms with van der Waals surface area (Å²) in [6.45, 7) is 3.00. The van der Waals surface area contributed by atoms with E-state index >= 15 is 0 Å². The van der Waals surface area contributed by atoms with Crippen LogP contribution in [0.2, 0.25) is 0 Å². The van der Waals surface area contributed by atoms with Gasteiger partial charge in [-0.05, 0) is 43.7 Å². The molecule has 0 radical (unpaired) electrons. The Bertz CT molecular complexity index is 456. The molecule has 0 saturated heterocycles. The molecule has 1 aliphatic rings. The van der Waals surface area contributed by atoms with Crippen molar-refractivity contribution in [3.05, 3.63) is 29.8 Å². The van der Waals surface area contributed by atoms with Crippen molar-refractivity contribution in [2.75, 3.05) is 18.5 Å². The monoisotopic (exact) mass is 289 g/mol. The molecule has 1 fully saturated rings. The third-order valence-electron chi connectivity index (χ3n) is 4.47. The van der Waals surface area contributed by atoms with Crippen molar-refractivity contribution in [2.45, 2.75) is 45.4 Å². The van der Waals surface area contributed by atoms with Crippen LogP contribution in [-0.4, -0.2) is 24.2 Å². The molecule has 1 aromatic rings. The summed E-state index contributed by atoms with van der Waals surface area (Å²) in [5.41, 5.74) is 8.32. The van der Waals surface area contributed by atoms with Crippen molar-refractivity contribution in [2.24, 2.45) is 16.1 Å². The number of anilines is 1. The van der Waals surface area contributed by atoms with E-state index in [1.807, 2.05) is 24.3 Å². The molecule has 2 rings (SSSR count). The molecular formula is C17H27N3O. The molecule has 21 heavy (non-hydrogen) atoms. The summed E-state index contributed by atoms with van der Waals surface area (Å²) in [4.78, 5) is 4.53. The molecule has 4 N–H and O–H groups in total. The first-order valence-corrected chi connectivity index (χ1v) is 7.88. The van der Waals surface area contributed by atoms with E-state index in [0.29, 0.717) is 12.5 Å². The van der Waals surface area contributed by atoms with Gasteiger partial charge in [-0.2, -0.15) is 0 Å². The first-order chi connectivity index (χ1) is 10.1. The molecule has 0 unspecified atom stereocenters. The number of benzene rings is 1. The lowest BCUT2D eigenvalue weighted by Crippen LogP contribution is -2.31. The number of aliphatic hydroxyl groups is 1. The van der Waals surface area contributed by atoms with Crippen molar-refractivity contribution in [1.82, 2.24) is 0 Å². The molecule has 0 amide bonds. The van der Waals surface area contributed by atoms with E-state index in [1.165, 1.54) is 24.8 Å². The molecule has 1 aromatic carbocycles. The normalized spacial score (nSPS) is 18.5. The maximum atomic E-state index is 9.31. The van der Waals surface area contributed by atoms with Gasteiger partial charge in [0.05, 0.1) is 0 Å². The van der Waals surface area contributed by atoms with Gasteiger partial charge in [0.1, 0.15) is 0 Å². The van der Waals surface area contributed by atoms with Crippen LogP contribution in [0.4, 0.5) is 5.69 Å². The molecule has 1 saturated carbocycles. The number of rotatable bonds is 5. The van der Waals surface area contributed by atoms with Gasteiger partial charge in [0.25, 0.3) is 0 Å². The van der Waals surface area contributed by atoms with E-state index in [4.69, 9.17) is 5.73 Å². The van der Waals surface area contributed by atoms with Crippen molar-refractivity contribution >= 4 is 11.6 Å². The van der Waals surface area contributed by atoms with E-state index in [1.54, 1.807) is 0 Å². The predicted molar refractivity (Wildman–Crippen MR) is 88.5 cm³/mol. The van der Waals surface area contributed by atoms with E-state index in [2.05, 4.69) is 17.2 Å². The molecule has 1 aliphatic carbocycles. The number of nitrogens with two attached hydrogens (primary N) is 1. The third kappa shape index (κ3) is 4.74. The van der Waals surface area contributed by atoms with E-state index in [-0.39, 0.29) is 12.0 Å². The van der Waals surface area contributed by atoms with Crippen molar-refractivity contribution in [3.63, 3.8) is 0 Å². The summed E-state index contributed by atoms with van der Waals surface area (Å²) in [6, 6.07) is 8.09. The van der Waals surface area contributed by atoms with Gasteiger partial charge >= 0.3 is 0 Å². The van der Waals surface area contributed by atoms with Crippen LogP contribution in [0.25, 0.3) is 0 Å². The highest BCUT2D eigenvalue weighted by molar-refractivity contribution is 5.92. The van der Waals surface area contributed by atoms with Gasteiger partial charge in [-0.1, -0.05) is 37.0 Å². The number of hydrogen-bond acceptors (Lipinski definition) is 2. The summed E-state index contributed by atoms with van der Waals surface area (Å²) in [6.07, 6.45) is 6.90. The zero-order valence-corrected chi connectivity index (χ0v) is 12.9. The summed E-state index contributed by atoms with van der Waals surface area (Å²) in [7, 11) is 0. The van der Waals surface area contributed by atoms with Crippen LogP contribution in [-0.2, 0) is 0 Å². The SMILES string of the molecule is Cc1ccc(NC(N)=NCC2(CCO)CCCCC2)cc1. The van der Waals surface area contributed by atoms with Gasteiger partial charge in [-0.15, -0.1) is 0 Å². The van der Waals surface area contributed by atoms with Gasteiger partial charge in [-0.3, -0.25) is 4.99 Å². The largest absolute Gasteiger partial charge is 0.396 e. The first-order valence-electron chi connectivity index (χ1n) is 7.88. The van der Waals surface area contributed by atoms with E-state index in [0.717, 1.165) is 24.9 Å². The number of nitrogens with one attached hydrogen (secondary N) is 1. The Morgan fingerprint density at radius 3 is 2.52 bits per heavy atom. The number of nitrogens with zero attached hydrogens (tertiary/aromatic N) is 1. The summed E-state index contributed by atoms with van der Waals surface area (Å²) < 4.78 is 0. The first kappa shape index (κ1) is 15.8. The van der Waals surface area contributed by atoms with Gasteiger partial charge in [-0.25, -0.2) is 0 Å². The number of aryl methyl sites for hydroxylation is 1. The van der Waals surface area contributed by atoms with Crippen LogP contribution >= 0.6 is 0 Å². The van der Waals surface area contributed by atoms with Crippen molar-refractivity contribution < 1.29 is 5.11 Å². The second-order valence-corrected chi connectivity index (χ2v) is 6.23. The quantitative estimate of drug-likeness (QED) is 0.576. The number of aliphatic hydroxyl groups excluding tert-OH is 1. The van der Waals surface area contributed by atoms with Gasteiger partial charge in [0.2, 0.25) is 0 Å². The fraction of sp³-hybridized carbons (Fsp3) is 0.588. The Kier molecular flexibility index (Phi) is 5.62. The van der Waals surface area contributed by atoms with Crippen LogP contribution in [0.1, 0.15) is 44.1 Å². The Morgan fingerprint density at radius 2 is 1.90 bits per heavy atom. The summed E-state index contributed by atoms with van der Waals surface area (Å²) >= 11 is 0. The van der Waals surface area contributed by atoms with Crippen LogP contribution in [0, 0.1) is 12.3 Å². The zero-order valence-electron chi connectivity index (χ0n) is 12.9. The standard InChI is InChI=1S/C17H27N3O/c1-14-5-7-15(8-6-14)20-16(18)19-13-17(11-12-21)9-3-2-4-10-17/h5-8,21H,2-4,9-13H2,1H3,(H3,18,19,20). The van der Waals surface area contributed by atoms with Gasteiger partial charge in [0, 0.05) is 18.8 Å². The Labute approximate surface area is 127 Å². The fourth-order valence-electron chi connectivity index (χ4n) is 3.10. The van der Waals surface area contributed by atoms with Gasteiger partial charge < -0.3 is 16.2 Å². The van der Waals surface area contributed by atoms with Crippen LogP contribution in [0.3, 0.4) is 0 Å². The minimum Gasteiger partial charge on any atom is -0.396 e. The van der Waals surface area contributed by atoms with Crippen LogP contribution < -0.4 is 11.1 Å². The van der Waals surface area contributed by atoms with Gasteiger partial charge in [0.15, 0.2) is 5.96 Å². The molecule has 0 atom stereocenters. The zero-order chi connectivity index (χ0) is 15.1. The van der Waals surface area contributed by atoms with Crippen LogP contribution in [0.5, 0.6) is 0 Å². The maximum Gasteiger partial charge on any atom is 0.193 e. The number of aliphatic imine (C=N–C) groups is 1. The Morgan fingerprint density at radius 1 is 1.24 bits per heavy atom. The maximum absolute atomic E-state index is 9.31. The molecule has 0 heterocycles. The van der Waals surface area contributed by atoms with Crippen LogP contribution in [0.15, 0.2) is 29.3 Å². The topological polar surface area (TPSA) is 70.6 Å². The highest BCUT2D eigenvalue weighted by Gasteiger charge is 2.31. The molecular weight excluding hydrogens is 262 g/mol. The molecule has 4 nitrogen and oxygen atoms in total. The smallest absolute Gasteiger partial charge is 0.193 e. The van der Waals surface area contributed by atoms with E-state index < -0.39 is 0 Å². The molecule has 4 heteroatoms. The molecule has 0 aromatic heterocycles. The number of guanidine groups is 1. The Hall–Kier alpha value is -1.55. The average Bonchev–Trinajstić information content (AvgIpc) is 2.49. The third-order valence-corrected chi connectivity index (χ3v) is 4.47. The predicted octanol–water partition coefficient (Wildman–Crippen LogP) is 3.05. The molecule has 0 aliphatic heterocycles. The summed E-state index contributed by atoms with van der Waals surface area (Å²) in [5.74, 6) is 0.460. The highest BCUT2D eigenvalue weighted by atomic mass is 16.3. The highest BCUT2D eigenvalue weighted by Crippen LogP contribution is 2.39. The average molecular weight is 289 g/mol. The second kappa shape index (κ2) is 7.46. The number of hydrogen-bond donors (Lipinski definition) is 3.